The molecule has 0 aliphatic carbocycles. The second-order valence-electron chi connectivity index (χ2n) is 4.92. The Hall–Kier alpha value is -1.67. The summed E-state index contributed by atoms with van der Waals surface area (Å²) in [5, 5.41) is 12.1. The van der Waals surface area contributed by atoms with Crippen LogP contribution in [0, 0.1) is 0 Å². The zero-order valence-corrected chi connectivity index (χ0v) is 12.7. The molecule has 8 heteroatoms. The Balaban J connectivity index is 2.04. The molecule has 1 aliphatic heterocycles. The fraction of sp³-hybridized carbons (Fsp3) is 0.769. The summed E-state index contributed by atoms with van der Waals surface area (Å²) in [6.07, 6.45) is 1.00. The SMILES string of the molecule is CCCNc1nc(OC)nc(N2CCN(CCO)CC2)n1. The molecule has 1 saturated heterocycles. The minimum Gasteiger partial charge on any atom is -0.467 e. The van der Waals surface area contributed by atoms with Crippen LogP contribution in [0.4, 0.5) is 11.9 Å². The van der Waals surface area contributed by atoms with Crippen molar-refractivity contribution in [2.75, 3.05) is 63.2 Å². The van der Waals surface area contributed by atoms with Gasteiger partial charge < -0.3 is 20.1 Å². The fourth-order valence-electron chi connectivity index (χ4n) is 2.21. The lowest BCUT2D eigenvalue weighted by atomic mass is 10.3. The Kier molecular flexibility index (Phi) is 5.94. The van der Waals surface area contributed by atoms with Crippen molar-refractivity contribution in [3.05, 3.63) is 0 Å². The third-order valence-electron chi connectivity index (χ3n) is 3.39. The molecular formula is C13H24N6O2. The third kappa shape index (κ3) is 4.40. The second-order valence-corrected chi connectivity index (χ2v) is 4.92. The summed E-state index contributed by atoms with van der Waals surface area (Å²) in [6, 6.07) is 0.330. The number of ether oxygens (including phenoxy) is 1. The van der Waals surface area contributed by atoms with Gasteiger partial charge in [-0.2, -0.15) is 15.0 Å². The molecule has 0 spiro atoms. The van der Waals surface area contributed by atoms with E-state index in [9.17, 15) is 0 Å². The van der Waals surface area contributed by atoms with Crippen LogP contribution in [0.1, 0.15) is 13.3 Å². The van der Waals surface area contributed by atoms with Gasteiger partial charge in [-0.05, 0) is 6.42 Å². The highest BCUT2D eigenvalue weighted by atomic mass is 16.5. The summed E-state index contributed by atoms with van der Waals surface area (Å²) in [4.78, 5) is 17.3. The topological polar surface area (TPSA) is 86.6 Å². The Morgan fingerprint density at radius 2 is 1.95 bits per heavy atom. The predicted octanol–water partition coefficient (Wildman–Crippen LogP) is -0.184. The molecule has 0 bridgehead atoms. The summed E-state index contributed by atoms with van der Waals surface area (Å²) in [7, 11) is 1.56. The number of nitrogens with one attached hydrogen (secondary N) is 1. The van der Waals surface area contributed by atoms with Gasteiger partial charge >= 0.3 is 6.01 Å². The van der Waals surface area contributed by atoms with Crippen LogP contribution in [0.25, 0.3) is 0 Å². The van der Waals surface area contributed by atoms with Crippen molar-refractivity contribution in [2.24, 2.45) is 0 Å². The van der Waals surface area contributed by atoms with Crippen LogP contribution < -0.4 is 15.0 Å². The number of nitrogens with zero attached hydrogens (tertiary/aromatic N) is 5. The van der Waals surface area contributed by atoms with E-state index in [4.69, 9.17) is 9.84 Å². The highest BCUT2D eigenvalue weighted by Gasteiger charge is 2.20. The largest absolute Gasteiger partial charge is 0.467 e. The molecule has 0 unspecified atom stereocenters. The first-order chi connectivity index (χ1) is 10.3. The summed E-state index contributed by atoms with van der Waals surface area (Å²) < 4.78 is 5.15. The molecule has 1 aliphatic rings. The van der Waals surface area contributed by atoms with E-state index in [0.717, 1.165) is 45.7 Å². The molecule has 0 atom stereocenters. The zero-order valence-electron chi connectivity index (χ0n) is 12.7. The minimum atomic E-state index is 0.199. The Labute approximate surface area is 125 Å². The maximum absolute atomic E-state index is 8.98. The minimum absolute atomic E-state index is 0.199. The number of β-amino-alcohol motifs (C(OH)–C–C–N with tert-alkyl or cyclic N) is 1. The first kappa shape index (κ1) is 15.7. The van der Waals surface area contributed by atoms with Crippen molar-refractivity contribution in [3.63, 3.8) is 0 Å². The van der Waals surface area contributed by atoms with E-state index in [1.165, 1.54) is 0 Å². The van der Waals surface area contributed by atoms with E-state index < -0.39 is 0 Å². The Morgan fingerprint density at radius 3 is 2.57 bits per heavy atom. The average molecular weight is 296 g/mol. The lowest BCUT2D eigenvalue weighted by Gasteiger charge is -2.34. The summed E-state index contributed by atoms with van der Waals surface area (Å²) in [5.41, 5.74) is 0. The molecule has 2 N–H and O–H groups in total. The van der Waals surface area contributed by atoms with Gasteiger partial charge in [0.05, 0.1) is 13.7 Å². The van der Waals surface area contributed by atoms with E-state index in [1.807, 2.05) is 0 Å². The molecule has 0 amide bonds. The monoisotopic (exact) mass is 296 g/mol. The highest BCUT2D eigenvalue weighted by molar-refractivity contribution is 5.38. The van der Waals surface area contributed by atoms with Crippen molar-refractivity contribution in [2.45, 2.75) is 13.3 Å². The van der Waals surface area contributed by atoms with Crippen LogP contribution in [0.15, 0.2) is 0 Å². The molecule has 2 heterocycles. The van der Waals surface area contributed by atoms with Crippen molar-refractivity contribution >= 4 is 11.9 Å². The first-order valence-electron chi connectivity index (χ1n) is 7.39. The normalized spacial score (nSPS) is 16.0. The number of aliphatic hydroxyl groups is 1. The predicted molar refractivity (Wildman–Crippen MR) is 80.9 cm³/mol. The van der Waals surface area contributed by atoms with Crippen molar-refractivity contribution < 1.29 is 9.84 Å². The lowest BCUT2D eigenvalue weighted by molar-refractivity contribution is 0.188. The summed E-state index contributed by atoms with van der Waals surface area (Å²) in [6.45, 7) is 7.28. The number of hydrogen-bond donors (Lipinski definition) is 2. The van der Waals surface area contributed by atoms with Gasteiger partial charge in [-0.25, -0.2) is 0 Å². The number of anilines is 2. The molecule has 1 aromatic rings. The van der Waals surface area contributed by atoms with Gasteiger partial charge in [0, 0.05) is 39.3 Å². The fourth-order valence-corrected chi connectivity index (χ4v) is 2.21. The van der Waals surface area contributed by atoms with Crippen molar-refractivity contribution in [1.29, 1.82) is 0 Å². The average Bonchev–Trinajstić information content (AvgIpc) is 2.53. The maximum atomic E-state index is 8.98. The van der Waals surface area contributed by atoms with Crippen LogP contribution in [-0.4, -0.2) is 77.9 Å². The molecular weight excluding hydrogens is 272 g/mol. The van der Waals surface area contributed by atoms with Crippen LogP contribution in [-0.2, 0) is 0 Å². The van der Waals surface area contributed by atoms with Gasteiger partial charge in [0.2, 0.25) is 11.9 Å². The summed E-state index contributed by atoms with van der Waals surface area (Å²) >= 11 is 0. The molecule has 0 saturated carbocycles. The van der Waals surface area contributed by atoms with E-state index >= 15 is 0 Å². The van der Waals surface area contributed by atoms with E-state index in [-0.39, 0.29) is 6.61 Å². The standard InChI is InChI=1S/C13H24N6O2/c1-3-4-14-11-15-12(17-13(16-11)21-2)19-7-5-18(6-8-19)9-10-20/h20H,3-10H2,1-2H3,(H,14,15,16,17). The molecule has 8 nitrogen and oxygen atoms in total. The van der Waals surface area contributed by atoms with E-state index in [1.54, 1.807) is 7.11 Å². The number of piperazine rings is 1. The van der Waals surface area contributed by atoms with Gasteiger partial charge in [-0.3, -0.25) is 4.90 Å². The molecule has 1 aromatic heterocycles. The number of methoxy groups -OCH3 is 1. The zero-order chi connectivity index (χ0) is 15.1. The molecule has 0 radical (unpaired) electrons. The Morgan fingerprint density at radius 1 is 1.19 bits per heavy atom. The lowest BCUT2D eigenvalue weighted by Crippen LogP contribution is -2.47. The van der Waals surface area contributed by atoms with Gasteiger partial charge in [0.15, 0.2) is 0 Å². The highest BCUT2D eigenvalue weighted by Crippen LogP contribution is 2.16. The second kappa shape index (κ2) is 7.94. The van der Waals surface area contributed by atoms with Crippen LogP contribution in [0.3, 0.4) is 0 Å². The maximum Gasteiger partial charge on any atom is 0.322 e. The van der Waals surface area contributed by atoms with Crippen molar-refractivity contribution in [3.8, 4) is 6.01 Å². The van der Waals surface area contributed by atoms with Crippen LogP contribution in [0.2, 0.25) is 0 Å². The molecule has 0 aromatic carbocycles. The van der Waals surface area contributed by atoms with E-state index in [0.29, 0.717) is 17.9 Å². The Bertz CT molecular complexity index is 437. The summed E-state index contributed by atoms with van der Waals surface area (Å²) in [5.74, 6) is 1.19. The van der Waals surface area contributed by atoms with Gasteiger partial charge in [0.25, 0.3) is 0 Å². The first-order valence-corrected chi connectivity index (χ1v) is 7.39. The van der Waals surface area contributed by atoms with Gasteiger partial charge in [-0.1, -0.05) is 6.92 Å². The number of aromatic nitrogens is 3. The quantitative estimate of drug-likeness (QED) is 0.716. The van der Waals surface area contributed by atoms with Crippen LogP contribution in [0.5, 0.6) is 6.01 Å². The molecule has 21 heavy (non-hydrogen) atoms. The smallest absolute Gasteiger partial charge is 0.322 e. The van der Waals surface area contributed by atoms with Crippen LogP contribution >= 0.6 is 0 Å². The third-order valence-corrected chi connectivity index (χ3v) is 3.39. The molecule has 118 valence electrons. The molecule has 1 fully saturated rings. The van der Waals surface area contributed by atoms with Gasteiger partial charge in [0.1, 0.15) is 0 Å². The molecule has 2 rings (SSSR count). The number of aliphatic hydroxyl groups excluding tert-OH is 1. The van der Waals surface area contributed by atoms with Gasteiger partial charge in [-0.15, -0.1) is 0 Å². The van der Waals surface area contributed by atoms with E-state index in [2.05, 4.69) is 37.0 Å². The van der Waals surface area contributed by atoms with Crippen molar-refractivity contribution in [1.82, 2.24) is 19.9 Å². The number of rotatable bonds is 7. The number of hydrogen-bond acceptors (Lipinski definition) is 8.